The van der Waals surface area contributed by atoms with Crippen LogP contribution in [0.1, 0.15) is 12.0 Å². The number of hydrogen-bond donors (Lipinski definition) is 2. The molecule has 1 heterocycles. The quantitative estimate of drug-likeness (QED) is 0.612. The van der Waals surface area contributed by atoms with Gasteiger partial charge in [0.15, 0.2) is 0 Å². The summed E-state index contributed by atoms with van der Waals surface area (Å²) >= 11 is 18.1. The Morgan fingerprint density at radius 3 is 2.73 bits per heavy atom. The zero-order valence-corrected chi connectivity index (χ0v) is 19.0. The molecule has 2 aromatic carbocycles. The minimum Gasteiger partial charge on any atom is -0.497 e. The van der Waals surface area contributed by atoms with Gasteiger partial charge in [0.1, 0.15) is 5.75 Å². The molecule has 3 rings (SSSR count). The first-order valence-corrected chi connectivity index (χ1v) is 10.6. The molecule has 0 saturated carbocycles. The van der Waals surface area contributed by atoms with Crippen LogP contribution in [0, 0.1) is 5.92 Å². The van der Waals surface area contributed by atoms with E-state index in [2.05, 4.69) is 5.32 Å². The summed E-state index contributed by atoms with van der Waals surface area (Å²) < 4.78 is 6.80. The number of methoxy groups -OCH3 is 1. The van der Waals surface area contributed by atoms with Crippen molar-refractivity contribution in [3.8, 4) is 5.75 Å². The summed E-state index contributed by atoms with van der Waals surface area (Å²) in [5, 5.41) is 15.2. The summed E-state index contributed by atoms with van der Waals surface area (Å²) in [4.78, 5) is 14.5. The number of carbonyl (C=O) groups is 1. The van der Waals surface area contributed by atoms with E-state index >= 15 is 0 Å². The highest BCUT2D eigenvalue weighted by Crippen LogP contribution is 2.39. The molecule has 162 valence electrons. The fourth-order valence-electron chi connectivity index (χ4n) is 3.76. The number of benzene rings is 2. The Balaban J connectivity index is 1.79. The van der Waals surface area contributed by atoms with E-state index < -0.39 is 5.60 Å². The number of urea groups is 1. The summed E-state index contributed by atoms with van der Waals surface area (Å²) in [7, 11) is 3.31. The lowest BCUT2D eigenvalue weighted by atomic mass is 9.75. The second-order valence-corrected chi connectivity index (χ2v) is 8.79. The number of nitrogens with zero attached hydrogens (tertiary/aromatic N) is 2. The van der Waals surface area contributed by atoms with Crippen LogP contribution in [-0.4, -0.2) is 54.2 Å². The number of halogens is 3. The number of aliphatic hydroxyl groups is 1. The summed E-state index contributed by atoms with van der Waals surface area (Å²) in [6.45, 7) is 1.10. The zero-order valence-electron chi connectivity index (χ0n) is 16.7. The lowest BCUT2D eigenvalue weighted by molar-refractivity contribution is -0.0717. The Morgan fingerprint density at radius 1 is 1.30 bits per heavy atom. The molecule has 2 N–H and O–H groups in total. The summed E-state index contributed by atoms with van der Waals surface area (Å²) in [6, 6.07) is 12.0. The van der Waals surface area contributed by atoms with E-state index in [0.717, 1.165) is 5.56 Å². The summed E-state index contributed by atoms with van der Waals surface area (Å²) in [6.07, 6.45) is 0.365. The van der Waals surface area contributed by atoms with Crippen molar-refractivity contribution in [1.82, 2.24) is 9.32 Å². The van der Waals surface area contributed by atoms with Crippen LogP contribution in [0.15, 0.2) is 42.5 Å². The summed E-state index contributed by atoms with van der Waals surface area (Å²) in [5.41, 5.74) is 0.155. The fraction of sp³-hybridized carbons (Fsp3) is 0.381. The van der Waals surface area contributed by atoms with Crippen LogP contribution >= 0.6 is 35.0 Å². The Kier molecular flexibility index (Phi) is 7.37. The Labute approximate surface area is 191 Å². The molecule has 1 aliphatic rings. The fourth-order valence-corrected chi connectivity index (χ4v) is 4.23. The largest absolute Gasteiger partial charge is 0.497 e. The molecule has 0 aliphatic carbocycles. The van der Waals surface area contributed by atoms with E-state index in [9.17, 15) is 9.90 Å². The number of likely N-dealkylation sites (tertiary alicyclic amines) is 1. The van der Waals surface area contributed by atoms with Gasteiger partial charge in [-0.15, -0.1) is 0 Å². The van der Waals surface area contributed by atoms with E-state index in [1.54, 1.807) is 37.3 Å². The van der Waals surface area contributed by atoms with Gasteiger partial charge in [-0.1, -0.05) is 35.3 Å². The van der Waals surface area contributed by atoms with E-state index in [4.69, 9.17) is 39.7 Å². The van der Waals surface area contributed by atoms with Crippen molar-refractivity contribution in [3.05, 3.63) is 58.1 Å². The molecule has 30 heavy (non-hydrogen) atoms. The standard InChI is InChI=1S/C21H24Cl3N3O3/c1-26(24)12-15-13-27(20(28)25-16-6-7-18(22)19(23)11-16)9-8-21(15,29)14-4-3-5-17(10-14)30-2/h3-7,10-11,15,29H,8-9,12-13H2,1-2H3,(H,25,28). The molecule has 1 aliphatic heterocycles. The van der Waals surface area contributed by atoms with Crippen LogP contribution in [0.2, 0.25) is 10.0 Å². The molecule has 1 fully saturated rings. The van der Waals surface area contributed by atoms with Crippen molar-refractivity contribution in [3.63, 3.8) is 0 Å². The maximum atomic E-state index is 12.8. The highest BCUT2D eigenvalue weighted by Gasteiger charge is 2.44. The van der Waals surface area contributed by atoms with Gasteiger partial charge in [0, 0.05) is 38.3 Å². The molecule has 2 amide bonds. The Bertz CT molecular complexity index is 912. The maximum Gasteiger partial charge on any atom is 0.321 e. The van der Waals surface area contributed by atoms with Crippen molar-refractivity contribution in [1.29, 1.82) is 0 Å². The second-order valence-electron chi connectivity index (χ2n) is 7.40. The van der Waals surface area contributed by atoms with Gasteiger partial charge in [0.25, 0.3) is 0 Å². The van der Waals surface area contributed by atoms with E-state index in [0.29, 0.717) is 47.5 Å². The third-order valence-electron chi connectivity index (χ3n) is 5.38. The van der Waals surface area contributed by atoms with E-state index in [-0.39, 0.29) is 11.9 Å². The van der Waals surface area contributed by atoms with Gasteiger partial charge >= 0.3 is 6.03 Å². The number of amides is 2. The minimum atomic E-state index is -1.14. The molecule has 2 atom stereocenters. The van der Waals surface area contributed by atoms with E-state index in [1.807, 2.05) is 24.3 Å². The van der Waals surface area contributed by atoms with Crippen LogP contribution in [0.5, 0.6) is 5.75 Å². The first-order chi connectivity index (χ1) is 14.2. The number of ether oxygens (including phenoxy) is 1. The highest BCUT2D eigenvalue weighted by atomic mass is 35.5. The predicted octanol–water partition coefficient (Wildman–Crippen LogP) is 4.83. The van der Waals surface area contributed by atoms with Gasteiger partial charge in [0.2, 0.25) is 0 Å². The monoisotopic (exact) mass is 471 g/mol. The zero-order chi connectivity index (χ0) is 21.9. The average molecular weight is 473 g/mol. The number of rotatable bonds is 5. The van der Waals surface area contributed by atoms with Crippen LogP contribution in [0.3, 0.4) is 0 Å². The predicted molar refractivity (Wildman–Crippen MR) is 121 cm³/mol. The lowest BCUT2D eigenvalue weighted by Crippen LogP contribution is -2.55. The van der Waals surface area contributed by atoms with Gasteiger partial charge in [0.05, 0.1) is 22.8 Å². The molecule has 0 aromatic heterocycles. The smallest absolute Gasteiger partial charge is 0.321 e. The number of nitrogens with one attached hydrogen (secondary N) is 1. The third kappa shape index (κ3) is 5.13. The molecule has 2 unspecified atom stereocenters. The molecular formula is C21H24Cl3N3O3. The van der Waals surface area contributed by atoms with Crippen molar-refractivity contribution >= 4 is 46.7 Å². The normalized spacial score (nSPS) is 21.6. The molecular weight excluding hydrogens is 449 g/mol. The van der Waals surface area contributed by atoms with Crippen molar-refractivity contribution < 1.29 is 14.6 Å². The Hall–Kier alpha value is -1.70. The molecule has 0 bridgehead atoms. The van der Waals surface area contributed by atoms with Crippen molar-refractivity contribution in [2.75, 3.05) is 39.1 Å². The van der Waals surface area contributed by atoms with E-state index in [1.165, 1.54) is 4.42 Å². The molecule has 0 spiro atoms. The van der Waals surface area contributed by atoms with Crippen LogP contribution in [0.25, 0.3) is 0 Å². The number of anilines is 1. The maximum absolute atomic E-state index is 12.8. The SMILES string of the molecule is COc1cccc(C2(O)CCN(C(=O)Nc3ccc(Cl)c(Cl)c3)CC2CN(C)Cl)c1. The Morgan fingerprint density at radius 2 is 2.07 bits per heavy atom. The molecule has 9 heteroatoms. The molecule has 6 nitrogen and oxygen atoms in total. The van der Waals surface area contributed by atoms with Gasteiger partial charge < -0.3 is 20.1 Å². The summed E-state index contributed by atoms with van der Waals surface area (Å²) in [5.74, 6) is 0.360. The first-order valence-electron chi connectivity index (χ1n) is 9.47. The average Bonchev–Trinajstić information content (AvgIpc) is 2.72. The van der Waals surface area contributed by atoms with Gasteiger partial charge in [-0.05, 0) is 54.1 Å². The number of piperidine rings is 1. The lowest BCUT2D eigenvalue weighted by Gasteiger charge is -2.45. The topological polar surface area (TPSA) is 65.0 Å². The van der Waals surface area contributed by atoms with Crippen molar-refractivity contribution in [2.24, 2.45) is 5.92 Å². The minimum absolute atomic E-state index is 0.275. The molecule has 1 saturated heterocycles. The van der Waals surface area contributed by atoms with Crippen molar-refractivity contribution in [2.45, 2.75) is 12.0 Å². The number of carbonyl (C=O) groups excluding carboxylic acids is 1. The van der Waals surface area contributed by atoms with Gasteiger partial charge in [-0.25, -0.2) is 9.21 Å². The number of hydrogen-bond acceptors (Lipinski definition) is 4. The van der Waals surface area contributed by atoms with Crippen LogP contribution in [0.4, 0.5) is 10.5 Å². The molecule has 2 aromatic rings. The highest BCUT2D eigenvalue weighted by molar-refractivity contribution is 6.42. The van der Waals surface area contributed by atoms with Crippen LogP contribution in [-0.2, 0) is 5.60 Å². The molecule has 0 radical (unpaired) electrons. The first kappa shape index (κ1) is 23.0. The van der Waals surface area contributed by atoms with Gasteiger partial charge in [-0.3, -0.25) is 0 Å². The third-order valence-corrected chi connectivity index (χ3v) is 6.26. The second kappa shape index (κ2) is 9.62. The van der Waals surface area contributed by atoms with Crippen LogP contribution < -0.4 is 10.1 Å². The van der Waals surface area contributed by atoms with Gasteiger partial charge in [-0.2, -0.15) is 0 Å².